The van der Waals surface area contributed by atoms with E-state index in [-0.39, 0.29) is 0 Å². The SMILES string of the molecule is NC(=O)c1cc(C(F)F)nc(F)c1F. The summed E-state index contributed by atoms with van der Waals surface area (Å²) in [6.45, 7) is 0. The van der Waals surface area contributed by atoms with Crippen molar-refractivity contribution in [3.63, 3.8) is 0 Å². The highest BCUT2D eigenvalue weighted by atomic mass is 19.3. The van der Waals surface area contributed by atoms with Crippen molar-refractivity contribution in [2.45, 2.75) is 6.43 Å². The second-order valence-corrected chi connectivity index (χ2v) is 2.36. The summed E-state index contributed by atoms with van der Waals surface area (Å²) in [6, 6.07) is 0.422. The van der Waals surface area contributed by atoms with Gasteiger partial charge in [0.25, 0.3) is 12.3 Å². The van der Waals surface area contributed by atoms with E-state index in [1.54, 1.807) is 0 Å². The van der Waals surface area contributed by atoms with Gasteiger partial charge < -0.3 is 5.73 Å². The smallest absolute Gasteiger partial charge is 0.280 e. The number of hydrogen-bond acceptors (Lipinski definition) is 2. The molecule has 1 amide bonds. The van der Waals surface area contributed by atoms with Crippen LogP contribution >= 0.6 is 0 Å². The topological polar surface area (TPSA) is 56.0 Å². The molecule has 0 fully saturated rings. The standard InChI is InChI=1S/C7H4F4N2O/c8-4-2(7(12)14)1-3(5(9)10)13-6(4)11/h1,5H,(H2,12,14). The first-order chi connectivity index (χ1) is 6.43. The number of nitrogens with two attached hydrogens (primary N) is 1. The molecule has 1 aromatic rings. The first-order valence-electron chi connectivity index (χ1n) is 3.37. The number of aromatic nitrogens is 1. The van der Waals surface area contributed by atoms with E-state index in [2.05, 4.69) is 10.7 Å². The van der Waals surface area contributed by atoms with Gasteiger partial charge in [0, 0.05) is 0 Å². The number of pyridine rings is 1. The number of rotatable bonds is 2. The van der Waals surface area contributed by atoms with Crippen LogP contribution in [0, 0.1) is 11.8 Å². The van der Waals surface area contributed by atoms with Crippen molar-refractivity contribution in [1.82, 2.24) is 4.98 Å². The third-order valence-electron chi connectivity index (χ3n) is 1.43. The van der Waals surface area contributed by atoms with Gasteiger partial charge in [-0.3, -0.25) is 4.79 Å². The molecule has 76 valence electrons. The molecule has 0 aliphatic rings. The monoisotopic (exact) mass is 208 g/mol. The summed E-state index contributed by atoms with van der Waals surface area (Å²) in [5.74, 6) is -4.72. The zero-order chi connectivity index (χ0) is 10.9. The van der Waals surface area contributed by atoms with Gasteiger partial charge in [0.1, 0.15) is 5.69 Å². The minimum absolute atomic E-state index is 0.422. The quantitative estimate of drug-likeness (QED) is 0.589. The molecule has 0 bridgehead atoms. The summed E-state index contributed by atoms with van der Waals surface area (Å²) in [6.07, 6.45) is -3.09. The maximum Gasteiger partial charge on any atom is 0.280 e. The third kappa shape index (κ3) is 1.81. The van der Waals surface area contributed by atoms with Gasteiger partial charge in [0.05, 0.1) is 5.56 Å². The second kappa shape index (κ2) is 3.60. The van der Waals surface area contributed by atoms with E-state index in [9.17, 15) is 22.4 Å². The molecule has 0 saturated carbocycles. The molecule has 1 heterocycles. The Balaban J connectivity index is 3.35. The lowest BCUT2D eigenvalue weighted by Crippen LogP contribution is -2.16. The highest BCUT2D eigenvalue weighted by Gasteiger charge is 2.20. The zero-order valence-electron chi connectivity index (χ0n) is 6.60. The number of alkyl halides is 2. The van der Waals surface area contributed by atoms with Gasteiger partial charge >= 0.3 is 0 Å². The zero-order valence-corrected chi connectivity index (χ0v) is 6.60. The van der Waals surface area contributed by atoms with Crippen molar-refractivity contribution in [2.75, 3.05) is 0 Å². The Bertz CT molecular complexity index is 380. The van der Waals surface area contributed by atoms with E-state index in [1.165, 1.54) is 0 Å². The minimum atomic E-state index is -3.09. The molecule has 0 radical (unpaired) electrons. The fourth-order valence-electron chi connectivity index (χ4n) is 0.808. The van der Waals surface area contributed by atoms with Crippen LogP contribution in [0.4, 0.5) is 17.6 Å². The molecule has 0 spiro atoms. The lowest BCUT2D eigenvalue weighted by molar-refractivity contribution is 0.0993. The van der Waals surface area contributed by atoms with Crippen LogP contribution in [-0.4, -0.2) is 10.9 Å². The Labute approximate surface area is 75.5 Å². The van der Waals surface area contributed by atoms with Crippen molar-refractivity contribution in [3.05, 3.63) is 29.1 Å². The van der Waals surface area contributed by atoms with E-state index in [0.717, 1.165) is 0 Å². The van der Waals surface area contributed by atoms with Crippen LogP contribution in [0.2, 0.25) is 0 Å². The third-order valence-corrected chi connectivity index (χ3v) is 1.43. The van der Waals surface area contributed by atoms with E-state index in [4.69, 9.17) is 0 Å². The molecule has 14 heavy (non-hydrogen) atoms. The minimum Gasteiger partial charge on any atom is -0.366 e. The van der Waals surface area contributed by atoms with Crippen LogP contribution < -0.4 is 5.73 Å². The summed E-state index contributed by atoms with van der Waals surface area (Å²) < 4.78 is 49.3. The van der Waals surface area contributed by atoms with Gasteiger partial charge in [0.15, 0.2) is 5.82 Å². The first kappa shape index (κ1) is 10.4. The van der Waals surface area contributed by atoms with Gasteiger partial charge in [0.2, 0.25) is 5.95 Å². The predicted octanol–water partition coefficient (Wildman–Crippen LogP) is 1.40. The number of carbonyl (C=O) groups is 1. The van der Waals surface area contributed by atoms with Gasteiger partial charge in [-0.2, -0.15) is 4.39 Å². The Kier molecular flexibility index (Phi) is 2.68. The van der Waals surface area contributed by atoms with Crippen molar-refractivity contribution in [3.8, 4) is 0 Å². The fourth-order valence-corrected chi connectivity index (χ4v) is 0.808. The molecular formula is C7H4F4N2O. The number of hydrogen-bond donors (Lipinski definition) is 1. The largest absolute Gasteiger partial charge is 0.366 e. The Morgan fingerprint density at radius 1 is 1.43 bits per heavy atom. The Morgan fingerprint density at radius 3 is 2.43 bits per heavy atom. The van der Waals surface area contributed by atoms with Crippen LogP contribution in [0.15, 0.2) is 6.07 Å². The molecule has 0 unspecified atom stereocenters. The lowest BCUT2D eigenvalue weighted by Gasteiger charge is -2.03. The number of carbonyl (C=O) groups excluding carboxylic acids is 1. The van der Waals surface area contributed by atoms with Crippen molar-refractivity contribution < 1.29 is 22.4 Å². The fraction of sp³-hybridized carbons (Fsp3) is 0.143. The van der Waals surface area contributed by atoms with Gasteiger partial charge in [-0.05, 0) is 6.07 Å². The molecule has 0 aliphatic carbocycles. The van der Waals surface area contributed by atoms with Crippen molar-refractivity contribution in [1.29, 1.82) is 0 Å². The van der Waals surface area contributed by atoms with Gasteiger partial charge in [-0.25, -0.2) is 18.2 Å². The average molecular weight is 208 g/mol. The van der Waals surface area contributed by atoms with Gasteiger partial charge in [-0.15, -0.1) is 0 Å². The van der Waals surface area contributed by atoms with E-state index in [1.807, 2.05) is 0 Å². The normalized spacial score (nSPS) is 10.6. The van der Waals surface area contributed by atoms with Crippen molar-refractivity contribution in [2.24, 2.45) is 5.73 Å². The molecule has 0 atom stereocenters. The molecule has 7 heteroatoms. The molecule has 1 aromatic heterocycles. The Morgan fingerprint density at radius 2 is 2.00 bits per heavy atom. The molecule has 0 saturated heterocycles. The van der Waals surface area contributed by atoms with Crippen LogP contribution in [0.5, 0.6) is 0 Å². The summed E-state index contributed by atoms with van der Waals surface area (Å²) >= 11 is 0. The van der Waals surface area contributed by atoms with Gasteiger partial charge in [-0.1, -0.05) is 0 Å². The van der Waals surface area contributed by atoms with Crippen molar-refractivity contribution >= 4 is 5.91 Å². The highest BCUT2D eigenvalue weighted by Crippen LogP contribution is 2.20. The van der Waals surface area contributed by atoms with Crippen LogP contribution in [0.3, 0.4) is 0 Å². The number of amides is 1. The van der Waals surface area contributed by atoms with Crippen LogP contribution in [0.1, 0.15) is 22.5 Å². The molecular weight excluding hydrogens is 204 g/mol. The first-order valence-corrected chi connectivity index (χ1v) is 3.37. The maximum absolute atomic E-state index is 12.7. The molecule has 2 N–H and O–H groups in total. The van der Waals surface area contributed by atoms with E-state index in [0.29, 0.717) is 6.07 Å². The summed E-state index contributed by atoms with van der Waals surface area (Å²) in [5.41, 5.74) is 2.67. The molecule has 0 aromatic carbocycles. The molecule has 3 nitrogen and oxygen atoms in total. The van der Waals surface area contributed by atoms with Crippen LogP contribution in [-0.2, 0) is 0 Å². The average Bonchev–Trinajstić information content (AvgIpc) is 2.08. The molecule has 1 rings (SSSR count). The molecule has 0 aliphatic heterocycles. The lowest BCUT2D eigenvalue weighted by atomic mass is 10.2. The summed E-state index contributed by atoms with van der Waals surface area (Å²) in [4.78, 5) is 13.1. The number of primary amides is 1. The number of nitrogens with zero attached hydrogens (tertiary/aromatic N) is 1. The van der Waals surface area contributed by atoms with E-state index < -0.39 is 35.4 Å². The maximum atomic E-state index is 12.7. The Hall–Kier alpha value is -1.66. The summed E-state index contributed by atoms with van der Waals surface area (Å²) in [7, 11) is 0. The summed E-state index contributed by atoms with van der Waals surface area (Å²) in [5, 5.41) is 0. The number of halogens is 4. The predicted molar refractivity (Wildman–Crippen MR) is 37.6 cm³/mol. The highest BCUT2D eigenvalue weighted by molar-refractivity contribution is 5.93. The second-order valence-electron chi connectivity index (χ2n) is 2.36. The van der Waals surface area contributed by atoms with E-state index >= 15 is 0 Å². The van der Waals surface area contributed by atoms with Crippen LogP contribution in [0.25, 0.3) is 0 Å².